The standard InChI is InChI=1S/C21H20FNO3/c1-15-11-18(16(2)23(15)13-20-7-4-10-25-20)8-9-21(24)26-14-17-5-3-6-19(22)12-17/h3-12H,13-14H2,1-2H3/b9-8+. The number of benzene rings is 1. The molecule has 26 heavy (non-hydrogen) atoms. The molecule has 0 N–H and O–H groups in total. The van der Waals surface area contributed by atoms with Crippen LogP contribution >= 0.6 is 0 Å². The summed E-state index contributed by atoms with van der Waals surface area (Å²) < 4.78 is 25.8. The van der Waals surface area contributed by atoms with Crippen LogP contribution in [0.3, 0.4) is 0 Å². The molecule has 1 aromatic carbocycles. The van der Waals surface area contributed by atoms with Crippen molar-refractivity contribution in [3.63, 3.8) is 0 Å². The van der Waals surface area contributed by atoms with Crippen LogP contribution < -0.4 is 0 Å². The number of aromatic nitrogens is 1. The highest BCUT2D eigenvalue weighted by molar-refractivity contribution is 5.87. The van der Waals surface area contributed by atoms with E-state index in [4.69, 9.17) is 9.15 Å². The number of esters is 1. The van der Waals surface area contributed by atoms with Gasteiger partial charge in [0, 0.05) is 17.5 Å². The van der Waals surface area contributed by atoms with Crippen LogP contribution in [0.15, 0.2) is 59.2 Å². The third-order valence-electron chi connectivity index (χ3n) is 4.18. The molecule has 0 spiro atoms. The van der Waals surface area contributed by atoms with Crippen LogP contribution in [0.4, 0.5) is 4.39 Å². The number of hydrogen-bond acceptors (Lipinski definition) is 3. The van der Waals surface area contributed by atoms with Gasteiger partial charge in [-0.3, -0.25) is 0 Å². The monoisotopic (exact) mass is 353 g/mol. The predicted octanol–water partition coefficient (Wildman–Crippen LogP) is 4.64. The second kappa shape index (κ2) is 7.87. The van der Waals surface area contributed by atoms with Gasteiger partial charge in [-0.1, -0.05) is 12.1 Å². The number of furan rings is 1. The van der Waals surface area contributed by atoms with Crippen molar-refractivity contribution in [2.45, 2.75) is 27.0 Å². The first kappa shape index (κ1) is 17.7. The average molecular weight is 353 g/mol. The van der Waals surface area contributed by atoms with Crippen LogP contribution in [0.5, 0.6) is 0 Å². The first-order valence-corrected chi connectivity index (χ1v) is 8.31. The Balaban J connectivity index is 1.63. The number of ether oxygens (including phenoxy) is 1. The summed E-state index contributed by atoms with van der Waals surface area (Å²) in [5, 5.41) is 0. The van der Waals surface area contributed by atoms with Crippen LogP contribution in [0.1, 0.15) is 28.3 Å². The maximum atomic E-state index is 13.1. The van der Waals surface area contributed by atoms with Gasteiger partial charge in [0.25, 0.3) is 0 Å². The highest BCUT2D eigenvalue weighted by Gasteiger charge is 2.09. The Bertz CT molecular complexity index is 923. The van der Waals surface area contributed by atoms with E-state index in [9.17, 15) is 9.18 Å². The summed E-state index contributed by atoms with van der Waals surface area (Å²) in [4.78, 5) is 11.9. The Kier molecular flexibility index (Phi) is 5.37. The van der Waals surface area contributed by atoms with Gasteiger partial charge in [0.15, 0.2) is 0 Å². The largest absolute Gasteiger partial charge is 0.467 e. The van der Waals surface area contributed by atoms with Crippen molar-refractivity contribution in [2.75, 3.05) is 0 Å². The molecule has 0 saturated heterocycles. The first-order chi connectivity index (χ1) is 12.5. The van der Waals surface area contributed by atoms with Crippen molar-refractivity contribution >= 4 is 12.0 Å². The maximum Gasteiger partial charge on any atom is 0.331 e. The number of hydrogen-bond donors (Lipinski definition) is 0. The zero-order valence-corrected chi connectivity index (χ0v) is 14.7. The van der Waals surface area contributed by atoms with Crippen molar-refractivity contribution in [3.05, 3.63) is 88.9 Å². The van der Waals surface area contributed by atoms with Gasteiger partial charge < -0.3 is 13.7 Å². The van der Waals surface area contributed by atoms with E-state index in [0.717, 1.165) is 22.7 Å². The van der Waals surface area contributed by atoms with Gasteiger partial charge in [-0.15, -0.1) is 0 Å². The van der Waals surface area contributed by atoms with E-state index in [0.29, 0.717) is 12.1 Å². The zero-order chi connectivity index (χ0) is 18.5. The number of nitrogens with zero attached hydrogens (tertiary/aromatic N) is 1. The highest BCUT2D eigenvalue weighted by Crippen LogP contribution is 2.19. The van der Waals surface area contributed by atoms with Gasteiger partial charge in [0.2, 0.25) is 0 Å². The lowest BCUT2D eigenvalue weighted by atomic mass is 10.2. The summed E-state index contributed by atoms with van der Waals surface area (Å²) in [6.45, 7) is 4.68. The molecule has 0 aliphatic rings. The summed E-state index contributed by atoms with van der Waals surface area (Å²) in [7, 11) is 0. The quantitative estimate of drug-likeness (QED) is 0.479. The van der Waals surface area contributed by atoms with E-state index in [1.807, 2.05) is 32.0 Å². The second-order valence-electron chi connectivity index (χ2n) is 6.06. The van der Waals surface area contributed by atoms with Gasteiger partial charge in [-0.2, -0.15) is 0 Å². The molecule has 0 aliphatic heterocycles. The van der Waals surface area contributed by atoms with Gasteiger partial charge in [-0.25, -0.2) is 9.18 Å². The van der Waals surface area contributed by atoms with Gasteiger partial charge in [-0.05, 0) is 61.4 Å². The van der Waals surface area contributed by atoms with Gasteiger partial charge in [0.05, 0.1) is 12.8 Å². The molecule has 0 fully saturated rings. The topological polar surface area (TPSA) is 44.4 Å². The highest BCUT2D eigenvalue weighted by atomic mass is 19.1. The molecule has 134 valence electrons. The van der Waals surface area contributed by atoms with E-state index in [1.165, 1.54) is 18.2 Å². The molecular weight excluding hydrogens is 333 g/mol. The number of aryl methyl sites for hydroxylation is 1. The molecule has 2 heterocycles. The molecule has 5 heteroatoms. The van der Waals surface area contributed by atoms with Crippen LogP contribution in [-0.4, -0.2) is 10.5 Å². The molecular formula is C21H20FNO3. The SMILES string of the molecule is Cc1cc(/C=C/C(=O)OCc2cccc(F)c2)c(C)n1Cc1ccco1. The van der Waals surface area contributed by atoms with Crippen LogP contribution in [0, 0.1) is 19.7 Å². The smallest absolute Gasteiger partial charge is 0.331 e. The zero-order valence-electron chi connectivity index (χ0n) is 14.7. The van der Waals surface area contributed by atoms with E-state index in [2.05, 4.69) is 4.57 Å². The lowest BCUT2D eigenvalue weighted by molar-refractivity contribution is -0.138. The molecule has 0 saturated carbocycles. The molecule has 4 nitrogen and oxygen atoms in total. The summed E-state index contributed by atoms with van der Waals surface area (Å²) in [5.74, 6) is 0.0556. The Hall–Kier alpha value is -3.08. The minimum atomic E-state index is -0.468. The molecule has 0 amide bonds. The van der Waals surface area contributed by atoms with E-state index < -0.39 is 5.97 Å². The summed E-state index contributed by atoms with van der Waals surface area (Å²) in [6, 6.07) is 11.8. The molecule has 3 rings (SSSR count). The van der Waals surface area contributed by atoms with Crippen molar-refractivity contribution in [2.24, 2.45) is 0 Å². The van der Waals surface area contributed by atoms with Gasteiger partial charge in [0.1, 0.15) is 18.2 Å². The molecule has 0 aliphatic carbocycles. The molecule has 3 aromatic rings. The van der Waals surface area contributed by atoms with E-state index >= 15 is 0 Å². The normalized spacial score (nSPS) is 11.2. The van der Waals surface area contributed by atoms with E-state index in [1.54, 1.807) is 24.5 Å². The fourth-order valence-electron chi connectivity index (χ4n) is 2.79. The average Bonchev–Trinajstić information content (AvgIpc) is 3.22. The van der Waals surface area contributed by atoms with Crippen molar-refractivity contribution in [1.82, 2.24) is 4.57 Å². The summed E-state index contributed by atoms with van der Waals surface area (Å²) >= 11 is 0. The Labute approximate surface area is 151 Å². The number of carbonyl (C=O) groups is 1. The van der Waals surface area contributed by atoms with Crippen LogP contribution in [0.25, 0.3) is 6.08 Å². The van der Waals surface area contributed by atoms with Crippen LogP contribution in [-0.2, 0) is 22.7 Å². The van der Waals surface area contributed by atoms with Crippen molar-refractivity contribution in [1.29, 1.82) is 0 Å². The molecule has 0 radical (unpaired) electrons. The first-order valence-electron chi connectivity index (χ1n) is 8.31. The third-order valence-corrected chi connectivity index (χ3v) is 4.18. The number of rotatable bonds is 6. The predicted molar refractivity (Wildman–Crippen MR) is 96.9 cm³/mol. The molecule has 0 atom stereocenters. The fraction of sp³-hybridized carbons (Fsp3) is 0.190. The number of carbonyl (C=O) groups excluding carboxylic acids is 1. The second-order valence-corrected chi connectivity index (χ2v) is 6.06. The Morgan fingerprint density at radius 2 is 2.08 bits per heavy atom. The van der Waals surface area contributed by atoms with Crippen LogP contribution in [0.2, 0.25) is 0 Å². The maximum absolute atomic E-state index is 13.1. The molecule has 0 unspecified atom stereocenters. The van der Waals surface area contributed by atoms with Crippen molar-refractivity contribution < 1.29 is 18.3 Å². The summed E-state index contributed by atoms with van der Waals surface area (Å²) in [6.07, 6.45) is 4.77. The van der Waals surface area contributed by atoms with E-state index in [-0.39, 0.29) is 12.4 Å². The Morgan fingerprint density at radius 3 is 2.81 bits per heavy atom. The molecule has 2 aromatic heterocycles. The number of halogens is 1. The summed E-state index contributed by atoms with van der Waals surface area (Å²) in [5.41, 5.74) is 3.67. The van der Waals surface area contributed by atoms with Gasteiger partial charge >= 0.3 is 5.97 Å². The minimum absolute atomic E-state index is 0.0401. The Morgan fingerprint density at radius 1 is 1.23 bits per heavy atom. The molecule has 0 bridgehead atoms. The minimum Gasteiger partial charge on any atom is -0.467 e. The third kappa shape index (κ3) is 4.30. The van der Waals surface area contributed by atoms with Crippen molar-refractivity contribution in [3.8, 4) is 0 Å². The fourth-order valence-corrected chi connectivity index (χ4v) is 2.79. The lowest BCUT2D eigenvalue weighted by Gasteiger charge is -2.07. The lowest BCUT2D eigenvalue weighted by Crippen LogP contribution is -2.03.